The van der Waals surface area contributed by atoms with Gasteiger partial charge in [-0.2, -0.15) is 0 Å². The number of aryl methyl sites for hydroxylation is 1. The Balaban J connectivity index is 2.15. The molecular weight excluding hydrogens is 246 g/mol. The van der Waals surface area contributed by atoms with E-state index >= 15 is 0 Å². The molecule has 20 heavy (non-hydrogen) atoms. The molecule has 2 aromatic carbocycles. The van der Waals surface area contributed by atoms with Gasteiger partial charge in [-0.05, 0) is 54.3 Å². The summed E-state index contributed by atoms with van der Waals surface area (Å²) in [6.45, 7) is 6.37. The molecule has 0 aliphatic rings. The van der Waals surface area contributed by atoms with Crippen LogP contribution in [0.25, 0.3) is 11.1 Å². The molecule has 2 aromatic rings. The van der Waals surface area contributed by atoms with Crippen molar-refractivity contribution in [2.24, 2.45) is 0 Å². The average molecular weight is 269 g/mol. The van der Waals surface area contributed by atoms with Crippen LogP contribution in [0.5, 0.6) is 5.75 Å². The largest absolute Gasteiger partial charge is 0.497 e. The van der Waals surface area contributed by atoms with Gasteiger partial charge in [0.15, 0.2) is 0 Å². The van der Waals surface area contributed by atoms with Crippen molar-refractivity contribution in [1.82, 2.24) is 5.32 Å². The third-order valence-electron chi connectivity index (χ3n) is 3.45. The second-order valence-corrected chi connectivity index (χ2v) is 5.05. The molecule has 0 spiro atoms. The number of hydrogen-bond donors (Lipinski definition) is 1. The smallest absolute Gasteiger partial charge is 0.118 e. The van der Waals surface area contributed by atoms with Crippen LogP contribution in [0.3, 0.4) is 0 Å². The minimum Gasteiger partial charge on any atom is -0.497 e. The lowest BCUT2D eigenvalue weighted by Crippen LogP contribution is -2.13. The second-order valence-electron chi connectivity index (χ2n) is 5.05. The van der Waals surface area contributed by atoms with Crippen LogP contribution in [0.15, 0.2) is 42.5 Å². The summed E-state index contributed by atoms with van der Waals surface area (Å²) in [6, 6.07) is 14.9. The lowest BCUT2D eigenvalue weighted by molar-refractivity contribution is 0.415. The Bertz CT molecular complexity index is 546. The number of benzene rings is 2. The van der Waals surface area contributed by atoms with Crippen LogP contribution in [0.2, 0.25) is 0 Å². The maximum absolute atomic E-state index is 5.20. The molecule has 0 bridgehead atoms. The van der Waals surface area contributed by atoms with Crippen molar-refractivity contribution >= 4 is 0 Å². The first-order valence-corrected chi connectivity index (χ1v) is 7.19. The summed E-state index contributed by atoms with van der Waals surface area (Å²) in [5, 5.41) is 3.44. The van der Waals surface area contributed by atoms with Crippen molar-refractivity contribution in [1.29, 1.82) is 0 Å². The Morgan fingerprint density at radius 1 is 1.05 bits per heavy atom. The van der Waals surface area contributed by atoms with Gasteiger partial charge in [-0.25, -0.2) is 0 Å². The second kappa shape index (κ2) is 7.11. The van der Waals surface area contributed by atoms with E-state index in [1.165, 1.54) is 28.7 Å². The third-order valence-corrected chi connectivity index (χ3v) is 3.45. The van der Waals surface area contributed by atoms with Gasteiger partial charge in [-0.1, -0.05) is 37.3 Å². The molecule has 0 saturated carbocycles. The quantitative estimate of drug-likeness (QED) is 0.795. The topological polar surface area (TPSA) is 21.3 Å². The van der Waals surface area contributed by atoms with Crippen LogP contribution in [0.4, 0.5) is 0 Å². The van der Waals surface area contributed by atoms with Gasteiger partial charge in [0.2, 0.25) is 0 Å². The van der Waals surface area contributed by atoms with Crippen molar-refractivity contribution in [3.05, 3.63) is 53.6 Å². The Labute approximate surface area is 121 Å². The molecule has 106 valence electrons. The molecule has 0 unspecified atom stereocenters. The van der Waals surface area contributed by atoms with E-state index in [1.54, 1.807) is 7.11 Å². The maximum Gasteiger partial charge on any atom is 0.118 e. The summed E-state index contributed by atoms with van der Waals surface area (Å²) in [6.07, 6.45) is 1.17. The van der Waals surface area contributed by atoms with E-state index in [0.29, 0.717) is 0 Å². The van der Waals surface area contributed by atoms with Crippen molar-refractivity contribution in [2.45, 2.75) is 26.8 Å². The first kappa shape index (κ1) is 14.6. The molecular formula is C18H23NO. The molecule has 0 radical (unpaired) electrons. The summed E-state index contributed by atoms with van der Waals surface area (Å²) in [7, 11) is 1.69. The van der Waals surface area contributed by atoms with E-state index in [9.17, 15) is 0 Å². The normalized spacial score (nSPS) is 10.6. The highest BCUT2D eigenvalue weighted by Gasteiger charge is 2.03. The van der Waals surface area contributed by atoms with Crippen LogP contribution in [-0.4, -0.2) is 13.7 Å². The Morgan fingerprint density at radius 2 is 1.80 bits per heavy atom. The fraction of sp³-hybridized carbons (Fsp3) is 0.333. The zero-order valence-electron chi connectivity index (χ0n) is 12.6. The average Bonchev–Trinajstić information content (AvgIpc) is 2.48. The number of nitrogens with one attached hydrogen (secondary N) is 1. The summed E-state index contributed by atoms with van der Waals surface area (Å²) >= 11 is 0. The maximum atomic E-state index is 5.20. The minimum absolute atomic E-state index is 0.895. The fourth-order valence-corrected chi connectivity index (χ4v) is 2.34. The highest BCUT2D eigenvalue weighted by Crippen LogP contribution is 2.26. The summed E-state index contributed by atoms with van der Waals surface area (Å²) in [5.41, 5.74) is 5.17. The van der Waals surface area contributed by atoms with E-state index in [1.807, 2.05) is 12.1 Å². The van der Waals surface area contributed by atoms with Gasteiger partial charge in [0.1, 0.15) is 5.75 Å². The summed E-state index contributed by atoms with van der Waals surface area (Å²) in [5.74, 6) is 0.895. The van der Waals surface area contributed by atoms with Gasteiger partial charge in [0.05, 0.1) is 7.11 Å². The Hall–Kier alpha value is -1.80. The van der Waals surface area contributed by atoms with Crippen LogP contribution in [0.1, 0.15) is 24.5 Å². The van der Waals surface area contributed by atoms with E-state index in [4.69, 9.17) is 4.74 Å². The summed E-state index contributed by atoms with van der Waals surface area (Å²) < 4.78 is 5.20. The van der Waals surface area contributed by atoms with E-state index in [0.717, 1.165) is 18.8 Å². The molecule has 0 aromatic heterocycles. The van der Waals surface area contributed by atoms with Gasteiger partial charge in [-0.15, -0.1) is 0 Å². The molecule has 2 heteroatoms. The molecule has 0 amide bonds. The highest BCUT2D eigenvalue weighted by atomic mass is 16.5. The Kier molecular flexibility index (Phi) is 5.19. The van der Waals surface area contributed by atoms with Gasteiger partial charge in [0, 0.05) is 6.54 Å². The predicted molar refractivity (Wildman–Crippen MR) is 85.2 cm³/mol. The highest BCUT2D eigenvalue weighted by molar-refractivity contribution is 5.68. The first-order chi connectivity index (χ1) is 9.74. The number of hydrogen-bond acceptors (Lipinski definition) is 2. The number of ether oxygens (including phenoxy) is 1. The molecule has 1 N–H and O–H groups in total. The van der Waals surface area contributed by atoms with Crippen LogP contribution in [0, 0.1) is 6.92 Å². The van der Waals surface area contributed by atoms with Gasteiger partial charge in [0.25, 0.3) is 0 Å². The molecule has 0 saturated heterocycles. The molecule has 0 aliphatic carbocycles. The SMILES string of the molecule is CCCNCc1ccc(-c2ccc(OC)cc2)c(C)c1. The lowest BCUT2D eigenvalue weighted by Gasteiger charge is -2.10. The first-order valence-electron chi connectivity index (χ1n) is 7.19. The third kappa shape index (κ3) is 3.61. The molecule has 0 heterocycles. The predicted octanol–water partition coefficient (Wildman–Crippen LogP) is 4.17. The van der Waals surface area contributed by atoms with Gasteiger partial charge >= 0.3 is 0 Å². The van der Waals surface area contributed by atoms with E-state index in [-0.39, 0.29) is 0 Å². The minimum atomic E-state index is 0.895. The van der Waals surface area contributed by atoms with Crippen molar-refractivity contribution in [3.63, 3.8) is 0 Å². The fourth-order valence-electron chi connectivity index (χ4n) is 2.34. The molecule has 0 atom stereocenters. The zero-order chi connectivity index (χ0) is 14.4. The molecule has 2 nitrogen and oxygen atoms in total. The van der Waals surface area contributed by atoms with Crippen molar-refractivity contribution < 1.29 is 4.74 Å². The molecule has 0 fully saturated rings. The van der Waals surface area contributed by atoms with Gasteiger partial charge in [-0.3, -0.25) is 0 Å². The van der Waals surface area contributed by atoms with Crippen LogP contribution < -0.4 is 10.1 Å². The van der Waals surface area contributed by atoms with Crippen molar-refractivity contribution in [2.75, 3.05) is 13.7 Å². The Morgan fingerprint density at radius 3 is 2.40 bits per heavy atom. The lowest BCUT2D eigenvalue weighted by atomic mass is 9.98. The van der Waals surface area contributed by atoms with Gasteiger partial charge < -0.3 is 10.1 Å². The molecule has 0 aliphatic heterocycles. The van der Waals surface area contributed by atoms with E-state index < -0.39 is 0 Å². The van der Waals surface area contributed by atoms with Crippen LogP contribution >= 0.6 is 0 Å². The number of rotatable bonds is 6. The summed E-state index contributed by atoms with van der Waals surface area (Å²) in [4.78, 5) is 0. The van der Waals surface area contributed by atoms with E-state index in [2.05, 4.69) is 49.5 Å². The zero-order valence-corrected chi connectivity index (χ0v) is 12.6. The van der Waals surface area contributed by atoms with Crippen LogP contribution in [-0.2, 0) is 6.54 Å². The van der Waals surface area contributed by atoms with Crippen molar-refractivity contribution in [3.8, 4) is 16.9 Å². The monoisotopic (exact) mass is 269 g/mol. The number of methoxy groups -OCH3 is 1. The molecule has 2 rings (SSSR count). The standard InChI is InChI=1S/C18H23NO/c1-4-11-19-13-15-5-10-18(14(2)12-15)16-6-8-17(20-3)9-7-16/h5-10,12,19H,4,11,13H2,1-3H3.